The molecular formula is C18H20N2O2. The van der Waals surface area contributed by atoms with Gasteiger partial charge in [-0.25, -0.2) is 0 Å². The molecule has 114 valence electrons. The van der Waals surface area contributed by atoms with Crippen LogP contribution in [0.15, 0.2) is 54.7 Å². The van der Waals surface area contributed by atoms with Crippen LogP contribution in [-0.2, 0) is 0 Å². The zero-order valence-electron chi connectivity index (χ0n) is 12.6. The van der Waals surface area contributed by atoms with Gasteiger partial charge in [0.05, 0.1) is 12.2 Å². The van der Waals surface area contributed by atoms with Gasteiger partial charge in [0.1, 0.15) is 0 Å². The lowest BCUT2D eigenvalue weighted by Crippen LogP contribution is -2.34. The van der Waals surface area contributed by atoms with Crippen LogP contribution in [0, 0.1) is 6.92 Å². The number of pyridine rings is 1. The minimum atomic E-state index is -0.114. The molecule has 1 aromatic carbocycles. The molecule has 2 aromatic rings. The Labute approximate surface area is 130 Å². The zero-order chi connectivity index (χ0) is 15.8. The number of aryl methyl sites for hydroxylation is 1. The van der Waals surface area contributed by atoms with Gasteiger partial charge >= 0.3 is 0 Å². The van der Waals surface area contributed by atoms with Gasteiger partial charge in [-0.15, -0.1) is 0 Å². The molecule has 0 bridgehead atoms. The van der Waals surface area contributed by atoms with Gasteiger partial charge in [0.15, 0.2) is 0 Å². The first-order valence-corrected chi connectivity index (χ1v) is 7.25. The lowest BCUT2D eigenvalue weighted by atomic mass is 10.1. The van der Waals surface area contributed by atoms with Crippen LogP contribution in [0.2, 0.25) is 0 Å². The predicted octanol–water partition coefficient (Wildman–Crippen LogP) is 2.54. The Kier molecular flexibility index (Phi) is 5.86. The minimum absolute atomic E-state index is 0.0653. The van der Waals surface area contributed by atoms with Crippen LogP contribution in [0.4, 0.5) is 0 Å². The van der Waals surface area contributed by atoms with Crippen LogP contribution in [0.3, 0.4) is 0 Å². The van der Waals surface area contributed by atoms with E-state index in [-0.39, 0.29) is 12.5 Å². The fourth-order valence-corrected chi connectivity index (χ4v) is 2.16. The molecule has 1 heterocycles. The second-order valence-corrected chi connectivity index (χ2v) is 4.92. The van der Waals surface area contributed by atoms with E-state index in [1.807, 2.05) is 49.4 Å². The standard InChI is InChI=1S/C18H20N2O2/c1-15-17(10-5-11-19-15)18(22)20(13-14-21)12-6-9-16-7-3-2-4-8-16/h2-11,21H,12-14H2,1H3. The molecule has 0 spiro atoms. The number of aromatic nitrogens is 1. The number of nitrogens with zero attached hydrogens (tertiary/aromatic N) is 2. The van der Waals surface area contributed by atoms with Crippen molar-refractivity contribution in [1.29, 1.82) is 0 Å². The molecule has 0 radical (unpaired) electrons. The van der Waals surface area contributed by atoms with Crippen LogP contribution in [0.1, 0.15) is 21.6 Å². The molecule has 4 heteroatoms. The van der Waals surface area contributed by atoms with Crippen molar-refractivity contribution in [3.63, 3.8) is 0 Å². The lowest BCUT2D eigenvalue weighted by molar-refractivity contribution is 0.0742. The Morgan fingerprint density at radius 2 is 2.00 bits per heavy atom. The Bertz CT molecular complexity index is 639. The van der Waals surface area contributed by atoms with Crippen LogP contribution in [-0.4, -0.2) is 40.6 Å². The summed E-state index contributed by atoms with van der Waals surface area (Å²) < 4.78 is 0. The average Bonchev–Trinajstić information content (AvgIpc) is 2.55. The molecule has 0 aliphatic carbocycles. The first-order valence-electron chi connectivity index (χ1n) is 7.25. The molecule has 0 aliphatic heterocycles. The molecule has 0 fully saturated rings. The summed E-state index contributed by atoms with van der Waals surface area (Å²) in [6.07, 6.45) is 5.56. The van der Waals surface area contributed by atoms with Crippen molar-refractivity contribution in [1.82, 2.24) is 9.88 Å². The predicted molar refractivity (Wildman–Crippen MR) is 87.4 cm³/mol. The van der Waals surface area contributed by atoms with Crippen molar-refractivity contribution >= 4 is 12.0 Å². The first-order chi connectivity index (χ1) is 10.7. The van der Waals surface area contributed by atoms with Gasteiger partial charge in [0.2, 0.25) is 0 Å². The fourth-order valence-electron chi connectivity index (χ4n) is 2.16. The second-order valence-electron chi connectivity index (χ2n) is 4.92. The Morgan fingerprint density at radius 3 is 2.68 bits per heavy atom. The summed E-state index contributed by atoms with van der Waals surface area (Å²) >= 11 is 0. The van der Waals surface area contributed by atoms with Crippen molar-refractivity contribution in [2.45, 2.75) is 6.92 Å². The van der Waals surface area contributed by atoms with Crippen LogP contribution >= 0.6 is 0 Å². The maximum Gasteiger partial charge on any atom is 0.256 e. The number of amides is 1. The number of hydrogen-bond acceptors (Lipinski definition) is 3. The molecule has 0 atom stereocenters. The quantitative estimate of drug-likeness (QED) is 0.891. The average molecular weight is 296 g/mol. The topological polar surface area (TPSA) is 53.4 Å². The summed E-state index contributed by atoms with van der Waals surface area (Å²) in [5.74, 6) is -0.114. The Hall–Kier alpha value is -2.46. The van der Waals surface area contributed by atoms with E-state index in [1.54, 1.807) is 23.2 Å². The van der Waals surface area contributed by atoms with Gasteiger partial charge in [0.25, 0.3) is 5.91 Å². The summed E-state index contributed by atoms with van der Waals surface area (Å²) in [5, 5.41) is 9.18. The molecule has 0 unspecified atom stereocenters. The van der Waals surface area contributed by atoms with Crippen molar-refractivity contribution < 1.29 is 9.90 Å². The molecular weight excluding hydrogens is 276 g/mol. The summed E-state index contributed by atoms with van der Waals surface area (Å²) in [7, 11) is 0. The van der Waals surface area contributed by atoms with E-state index in [2.05, 4.69) is 4.98 Å². The molecule has 4 nitrogen and oxygen atoms in total. The third-order valence-electron chi connectivity index (χ3n) is 3.33. The van der Waals surface area contributed by atoms with Crippen LogP contribution in [0.5, 0.6) is 0 Å². The van der Waals surface area contributed by atoms with Gasteiger partial charge in [-0.1, -0.05) is 42.5 Å². The fraction of sp³-hybridized carbons (Fsp3) is 0.222. The number of aliphatic hydroxyl groups excluding tert-OH is 1. The smallest absolute Gasteiger partial charge is 0.256 e. The second kappa shape index (κ2) is 8.10. The Balaban J connectivity index is 2.08. The third-order valence-corrected chi connectivity index (χ3v) is 3.33. The molecule has 0 saturated heterocycles. The highest BCUT2D eigenvalue weighted by atomic mass is 16.3. The van der Waals surface area contributed by atoms with Crippen LogP contribution in [0.25, 0.3) is 6.08 Å². The molecule has 1 aromatic heterocycles. The van der Waals surface area contributed by atoms with Gasteiger partial charge in [-0.3, -0.25) is 9.78 Å². The van der Waals surface area contributed by atoms with E-state index in [0.29, 0.717) is 24.3 Å². The van der Waals surface area contributed by atoms with Crippen molar-refractivity contribution in [2.24, 2.45) is 0 Å². The zero-order valence-corrected chi connectivity index (χ0v) is 12.6. The van der Waals surface area contributed by atoms with Crippen molar-refractivity contribution in [2.75, 3.05) is 19.7 Å². The van der Waals surface area contributed by atoms with Crippen molar-refractivity contribution in [3.8, 4) is 0 Å². The molecule has 2 rings (SSSR count). The highest BCUT2D eigenvalue weighted by Crippen LogP contribution is 2.09. The van der Waals surface area contributed by atoms with Gasteiger partial charge in [-0.2, -0.15) is 0 Å². The molecule has 0 aliphatic rings. The normalized spacial score (nSPS) is 10.8. The lowest BCUT2D eigenvalue weighted by Gasteiger charge is -2.20. The summed E-state index contributed by atoms with van der Waals surface area (Å²) in [6, 6.07) is 13.4. The van der Waals surface area contributed by atoms with E-state index in [9.17, 15) is 9.90 Å². The number of carbonyl (C=O) groups is 1. The highest BCUT2D eigenvalue weighted by molar-refractivity contribution is 5.95. The molecule has 1 N–H and O–H groups in total. The Morgan fingerprint density at radius 1 is 1.23 bits per heavy atom. The number of rotatable bonds is 6. The van der Waals surface area contributed by atoms with Gasteiger partial charge in [0, 0.05) is 25.0 Å². The van der Waals surface area contributed by atoms with E-state index >= 15 is 0 Å². The van der Waals surface area contributed by atoms with Crippen molar-refractivity contribution in [3.05, 3.63) is 71.6 Å². The van der Waals surface area contributed by atoms with E-state index in [0.717, 1.165) is 5.56 Å². The third kappa shape index (κ3) is 4.27. The SMILES string of the molecule is Cc1ncccc1C(=O)N(CC=Cc1ccccc1)CCO. The molecule has 22 heavy (non-hydrogen) atoms. The highest BCUT2D eigenvalue weighted by Gasteiger charge is 2.16. The van der Waals surface area contributed by atoms with E-state index in [4.69, 9.17) is 0 Å². The van der Waals surface area contributed by atoms with E-state index in [1.165, 1.54) is 0 Å². The minimum Gasteiger partial charge on any atom is -0.395 e. The monoisotopic (exact) mass is 296 g/mol. The number of hydrogen-bond donors (Lipinski definition) is 1. The largest absolute Gasteiger partial charge is 0.395 e. The molecule has 1 amide bonds. The number of benzene rings is 1. The summed E-state index contributed by atoms with van der Waals surface area (Å²) in [6.45, 7) is 2.49. The van der Waals surface area contributed by atoms with Gasteiger partial charge < -0.3 is 10.0 Å². The summed E-state index contributed by atoms with van der Waals surface area (Å²) in [4.78, 5) is 18.3. The summed E-state index contributed by atoms with van der Waals surface area (Å²) in [5.41, 5.74) is 2.35. The molecule has 0 saturated carbocycles. The van der Waals surface area contributed by atoms with Gasteiger partial charge in [-0.05, 0) is 24.6 Å². The van der Waals surface area contributed by atoms with E-state index < -0.39 is 0 Å². The van der Waals surface area contributed by atoms with Crippen LogP contribution < -0.4 is 0 Å². The number of aliphatic hydroxyl groups is 1. The maximum atomic E-state index is 12.5. The number of carbonyl (C=O) groups excluding carboxylic acids is 1. The maximum absolute atomic E-state index is 12.5. The first kappa shape index (κ1) is 15.9.